The number of anilines is 1. The monoisotopic (exact) mass is 298 g/mol. The summed E-state index contributed by atoms with van der Waals surface area (Å²) in [5.41, 5.74) is 5.81. The fraction of sp³-hybridized carbons (Fsp3) is 0.417. The number of carboxylic acid groups (broad SMARTS) is 1. The van der Waals surface area contributed by atoms with Crippen LogP contribution in [0.3, 0.4) is 0 Å². The molecule has 1 saturated heterocycles. The maximum Gasteiger partial charge on any atom is 0.325 e. The van der Waals surface area contributed by atoms with E-state index >= 15 is 0 Å². The number of carbonyl (C=O) groups is 1. The summed E-state index contributed by atoms with van der Waals surface area (Å²) < 4.78 is 1.01. The van der Waals surface area contributed by atoms with Crippen LogP contribution in [-0.2, 0) is 4.79 Å². The lowest BCUT2D eigenvalue weighted by atomic mass is 9.90. The second-order valence-electron chi connectivity index (χ2n) is 4.46. The van der Waals surface area contributed by atoms with Gasteiger partial charge in [-0.2, -0.15) is 0 Å². The Morgan fingerprint density at radius 1 is 1.41 bits per heavy atom. The van der Waals surface area contributed by atoms with Crippen LogP contribution >= 0.6 is 15.9 Å². The van der Waals surface area contributed by atoms with Gasteiger partial charge in [-0.25, -0.2) is 0 Å². The predicted octanol–water partition coefficient (Wildman–Crippen LogP) is 1.83. The quantitative estimate of drug-likeness (QED) is 0.874. The van der Waals surface area contributed by atoms with Crippen molar-refractivity contribution in [1.29, 1.82) is 0 Å². The van der Waals surface area contributed by atoms with E-state index in [-0.39, 0.29) is 0 Å². The number of nitrogens with two attached hydrogens (primary N) is 1. The Hall–Kier alpha value is -1.07. The number of halogens is 1. The first-order chi connectivity index (χ1) is 8.01. The van der Waals surface area contributed by atoms with Gasteiger partial charge in [-0.15, -0.1) is 0 Å². The third-order valence-electron chi connectivity index (χ3n) is 3.14. The van der Waals surface area contributed by atoms with Crippen LogP contribution in [0.15, 0.2) is 28.7 Å². The molecule has 17 heavy (non-hydrogen) atoms. The van der Waals surface area contributed by atoms with Crippen LogP contribution in [0.1, 0.15) is 12.8 Å². The summed E-state index contributed by atoms with van der Waals surface area (Å²) in [6, 6.07) is 7.83. The molecule has 0 spiro atoms. The van der Waals surface area contributed by atoms with Crippen LogP contribution < -0.4 is 10.6 Å². The first-order valence-corrected chi connectivity index (χ1v) is 6.33. The fourth-order valence-electron chi connectivity index (χ4n) is 2.13. The van der Waals surface area contributed by atoms with E-state index < -0.39 is 11.5 Å². The van der Waals surface area contributed by atoms with E-state index in [1.165, 1.54) is 0 Å². The van der Waals surface area contributed by atoms with Crippen LogP contribution in [0.5, 0.6) is 0 Å². The smallest absolute Gasteiger partial charge is 0.325 e. The molecule has 0 amide bonds. The number of aliphatic carboxylic acids is 1. The largest absolute Gasteiger partial charge is 0.480 e. The summed E-state index contributed by atoms with van der Waals surface area (Å²) in [6.07, 6.45) is 1.34. The third-order valence-corrected chi connectivity index (χ3v) is 3.67. The van der Waals surface area contributed by atoms with Gasteiger partial charge in [0.15, 0.2) is 0 Å². The Bertz CT molecular complexity index is 421. The molecule has 1 aromatic rings. The molecule has 92 valence electrons. The molecule has 1 aliphatic rings. The van der Waals surface area contributed by atoms with Crippen molar-refractivity contribution in [2.24, 2.45) is 5.73 Å². The first kappa shape index (κ1) is 12.4. The first-order valence-electron chi connectivity index (χ1n) is 5.54. The SMILES string of the molecule is NC1(C(=O)O)CCCN(c2ccc(Br)cc2)C1. The topological polar surface area (TPSA) is 66.6 Å². The van der Waals surface area contributed by atoms with E-state index in [2.05, 4.69) is 15.9 Å². The Labute approximate surface area is 109 Å². The minimum absolute atomic E-state index is 0.365. The number of nitrogens with zero attached hydrogens (tertiary/aromatic N) is 1. The van der Waals surface area contributed by atoms with Crippen LogP contribution in [0, 0.1) is 0 Å². The lowest BCUT2D eigenvalue weighted by molar-refractivity contribution is -0.143. The molecule has 1 heterocycles. The summed E-state index contributed by atoms with van der Waals surface area (Å²) in [5.74, 6) is -0.917. The third kappa shape index (κ3) is 2.61. The molecule has 0 radical (unpaired) electrons. The second-order valence-corrected chi connectivity index (χ2v) is 5.38. The van der Waals surface area contributed by atoms with Crippen molar-refractivity contribution >= 4 is 27.6 Å². The van der Waals surface area contributed by atoms with Gasteiger partial charge < -0.3 is 15.7 Å². The zero-order valence-corrected chi connectivity index (χ0v) is 11.0. The normalized spacial score (nSPS) is 24.7. The highest BCUT2D eigenvalue weighted by Gasteiger charge is 2.38. The summed E-state index contributed by atoms with van der Waals surface area (Å²) >= 11 is 3.38. The molecule has 0 bridgehead atoms. The maximum atomic E-state index is 11.1. The molecule has 2 rings (SSSR count). The van der Waals surface area contributed by atoms with E-state index in [0.29, 0.717) is 13.0 Å². The molecule has 4 nitrogen and oxygen atoms in total. The average Bonchev–Trinajstić information content (AvgIpc) is 2.30. The zero-order chi connectivity index (χ0) is 12.5. The van der Waals surface area contributed by atoms with Gasteiger partial charge in [0.1, 0.15) is 5.54 Å². The molecular weight excluding hydrogens is 284 g/mol. The number of piperidine rings is 1. The Kier molecular flexibility index (Phi) is 3.40. The van der Waals surface area contributed by atoms with Gasteiger partial charge in [-0.1, -0.05) is 15.9 Å². The van der Waals surface area contributed by atoms with Crippen molar-refractivity contribution in [2.45, 2.75) is 18.4 Å². The molecular formula is C12H15BrN2O2. The second kappa shape index (κ2) is 4.66. The summed E-state index contributed by atoms with van der Waals surface area (Å²) in [5, 5.41) is 9.15. The molecule has 1 aromatic carbocycles. The maximum absolute atomic E-state index is 11.1. The standard InChI is InChI=1S/C12H15BrN2O2/c13-9-2-4-10(5-3-9)15-7-1-6-12(14,8-15)11(16)17/h2-5H,1,6-8,14H2,(H,16,17). The highest BCUT2D eigenvalue weighted by Crippen LogP contribution is 2.25. The molecule has 0 saturated carbocycles. The van der Waals surface area contributed by atoms with E-state index in [1.54, 1.807) is 0 Å². The lowest BCUT2D eigenvalue weighted by Gasteiger charge is -2.38. The molecule has 3 N–H and O–H groups in total. The van der Waals surface area contributed by atoms with Gasteiger partial charge in [0.2, 0.25) is 0 Å². The van der Waals surface area contributed by atoms with Crippen LogP contribution in [0.25, 0.3) is 0 Å². The minimum atomic E-state index is -1.12. The van der Waals surface area contributed by atoms with Gasteiger partial charge in [-0.05, 0) is 37.1 Å². The minimum Gasteiger partial charge on any atom is -0.480 e. The van der Waals surface area contributed by atoms with Crippen LogP contribution in [-0.4, -0.2) is 29.7 Å². The lowest BCUT2D eigenvalue weighted by Crippen LogP contribution is -2.59. The van der Waals surface area contributed by atoms with Crippen molar-refractivity contribution in [3.63, 3.8) is 0 Å². The average molecular weight is 299 g/mol. The summed E-state index contributed by atoms with van der Waals surface area (Å²) in [4.78, 5) is 13.2. The van der Waals surface area contributed by atoms with Crippen LogP contribution in [0.2, 0.25) is 0 Å². The highest BCUT2D eigenvalue weighted by molar-refractivity contribution is 9.10. The van der Waals surface area contributed by atoms with E-state index in [4.69, 9.17) is 10.8 Å². The number of benzene rings is 1. The zero-order valence-electron chi connectivity index (χ0n) is 9.40. The number of carboxylic acids is 1. The number of hydrogen-bond acceptors (Lipinski definition) is 3. The van der Waals surface area contributed by atoms with Crippen LogP contribution in [0.4, 0.5) is 5.69 Å². The number of rotatable bonds is 2. The fourth-order valence-corrected chi connectivity index (χ4v) is 2.40. The summed E-state index contributed by atoms with van der Waals surface area (Å²) in [7, 11) is 0. The van der Waals surface area contributed by atoms with Crippen molar-refractivity contribution in [3.05, 3.63) is 28.7 Å². The molecule has 5 heteroatoms. The molecule has 1 unspecified atom stereocenters. The predicted molar refractivity (Wildman–Crippen MR) is 70.1 cm³/mol. The van der Waals surface area contributed by atoms with Gasteiger partial charge in [0.25, 0.3) is 0 Å². The molecule has 1 atom stereocenters. The van der Waals surface area contributed by atoms with E-state index in [1.807, 2.05) is 29.2 Å². The molecule has 1 aliphatic heterocycles. The van der Waals surface area contributed by atoms with Gasteiger partial charge in [0.05, 0.1) is 0 Å². The van der Waals surface area contributed by atoms with E-state index in [9.17, 15) is 4.79 Å². The molecule has 0 aliphatic carbocycles. The van der Waals surface area contributed by atoms with Gasteiger partial charge in [0, 0.05) is 23.2 Å². The van der Waals surface area contributed by atoms with Crippen molar-refractivity contribution in [3.8, 4) is 0 Å². The van der Waals surface area contributed by atoms with E-state index in [0.717, 1.165) is 23.1 Å². The molecule has 1 fully saturated rings. The van der Waals surface area contributed by atoms with Crippen molar-refractivity contribution in [2.75, 3.05) is 18.0 Å². The van der Waals surface area contributed by atoms with Gasteiger partial charge >= 0.3 is 5.97 Å². The molecule has 0 aromatic heterocycles. The Balaban J connectivity index is 2.17. The van der Waals surface area contributed by atoms with Crippen molar-refractivity contribution < 1.29 is 9.90 Å². The Morgan fingerprint density at radius 3 is 2.65 bits per heavy atom. The number of hydrogen-bond donors (Lipinski definition) is 2. The Morgan fingerprint density at radius 2 is 2.06 bits per heavy atom. The van der Waals surface area contributed by atoms with Gasteiger partial charge in [-0.3, -0.25) is 4.79 Å². The van der Waals surface area contributed by atoms with Crippen molar-refractivity contribution in [1.82, 2.24) is 0 Å². The summed E-state index contributed by atoms with van der Waals surface area (Å²) in [6.45, 7) is 1.22. The highest BCUT2D eigenvalue weighted by atomic mass is 79.9.